The van der Waals surface area contributed by atoms with Crippen molar-refractivity contribution >= 4 is 33.2 Å². The van der Waals surface area contributed by atoms with Crippen molar-refractivity contribution in [3.8, 4) is 0 Å². The summed E-state index contributed by atoms with van der Waals surface area (Å²) < 4.78 is 1.02. The maximum Gasteiger partial charge on any atom is 0.217 e. The Bertz CT molecular complexity index is 442. The molecule has 0 atom stereocenters. The third-order valence-electron chi connectivity index (χ3n) is 3.42. The topological polar surface area (TPSA) is 72.4 Å². The van der Waals surface area contributed by atoms with E-state index in [2.05, 4.69) is 20.8 Å². The van der Waals surface area contributed by atoms with Crippen LogP contribution in [-0.4, -0.2) is 19.0 Å². The molecule has 0 unspecified atom stereocenters. The SMILES string of the molecule is NC(=O)CC1CCN(c2ccc(N)cc2Br)CC1. The van der Waals surface area contributed by atoms with E-state index < -0.39 is 0 Å². The van der Waals surface area contributed by atoms with E-state index in [0.717, 1.165) is 36.1 Å². The molecule has 1 aromatic rings. The number of benzene rings is 1. The molecule has 0 saturated carbocycles. The molecule has 4 nitrogen and oxygen atoms in total. The van der Waals surface area contributed by atoms with E-state index in [9.17, 15) is 4.79 Å². The van der Waals surface area contributed by atoms with Gasteiger partial charge in [-0.25, -0.2) is 0 Å². The molecule has 0 aromatic heterocycles. The van der Waals surface area contributed by atoms with Gasteiger partial charge in [-0.15, -0.1) is 0 Å². The van der Waals surface area contributed by atoms with Gasteiger partial charge in [-0.3, -0.25) is 4.79 Å². The monoisotopic (exact) mass is 311 g/mol. The molecule has 2 rings (SSSR count). The van der Waals surface area contributed by atoms with E-state index >= 15 is 0 Å². The van der Waals surface area contributed by atoms with Crippen LogP contribution < -0.4 is 16.4 Å². The number of anilines is 2. The Morgan fingerprint density at radius 3 is 2.61 bits per heavy atom. The van der Waals surface area contributed by atoms with E-state index in [0.29, 0.717) is 12.3 Å². The maximum atomic E-state index is 10.9. The molecule has 1 aromatic carbocycles. The van der Waals surface area contributed by atoms with Gasteiger partial charge >= 0.3 is 0 Å². The van der Waals surface area contributed by atoms with Crippen molar-refractivity contribution in [3.05, 3.63) is 22.7 Å². The first kappa shape index (κ1) is 13.2. The van der Waals surface area contributed by atoms with Crippen LogP contribution in [0.1, 0.15) is 19.3 Å². The summed E-state index contributed by atoms with van der Waals surface area (Å²) in [5.74, 6) is 0.244. The van der Waals surface area contributed by atoms with Crippen LogP contribution >= 0.6 is 15.9 Å². The smallest absolute Gasteiger partial charge is 0.217 e. The Kier molecular flexibility index (Phi) is 4.11. The molecule has 1 aliphatic heterocycles. The van der Waals surface area contributed by atoms with Crippen LogP contribution in [0.15, 0.2) is 22.7 Å². The summed E-state index contributed by atoms with van der Waals surface area (Å²) >= 11 is 3.54. The Labute approximate surface area is 115 Å². The summed E-state index contributed by atoms with van der Waals surface area (Å²) in [6, 6.07) is 5.87. The standard InChI is InChI=1S/C13H18BrN3O/c14-11-8-10(15)1-2-12(11)17-5-3-9(4-6-17)7-13(16)18/h1-2,8-9H,3-7,15H2,(H2,16,18). The second kappa shape index (κ2) is 5.61. The van der Waals surface area contributed by atoms with Gasteiger partial charge in [-0.05, 0) is 52.9 Å². The largest absolute Gasteiger partial charge is 0.399 e. The fourth-order valence-electron chi connectivity index (χ4n) is 2.44. The van der Waals surface area contributed by atoms with Crippen molar-refractivity contribution in [3.63, 3.8) is 0 Å². The number of hydrogen-bond acceptors (Lipinski definition) is 3. The third-order valence-corrected chi connectivity index (χ3v) is 4.05. The molecule has 1 saturated heterocycles. The van der Waals surface area contributed by atoms with Crippen LogP contribution in [0.3, 0.4) is 0 Å². The van der Waals surface area contributed by atoms with Crippen LogP contribution in [0.4, 0.5) is 11.4 Å². The molecule has 0 bridgehead atoms. The first-order chi connectivity index (χ1) is 8.56. The van der Waals surface area contributed by atoms with Gasteiger partial charge in [0.25, 0.3) is 0 Å². The number of primary amides is 1. The fraction of sp³-hybridized carbons (Fsp3) is 0.462. The minimum atomic E-state index is -0.192. The van der Waals surface area contributed by atoms with Crippen LogP contribution in [0.5, 0.6) is 0 Å². The number of hydrogen-bond donors (Lipinski definition) is 2. The molecule has 98 valence electrons. The number of carbonyl (C=O) groups excluding carboxylic acids is 1. The van der Waals surface area contributed by atoms with Crippen molar-refractivity contribution in [2.45, 2.75) is 19.3 Å². The predicted octanol–water partition coefficient (Wildman–Crippen LogP) is 2.12. The summed E-state index contributed by atoms with van der Waals surface area (Å²) in [4.78, 5) is 13.2. The average Bonchev–Trinajstić information content (AvgIpc) is 2.30. The van der Waals surface area contributed by atoms with Crippen molar-refractivity contribution in [2.24, 2.45) is 11.7 Å². The van der Waals surface area contributed by atoms with Crippen LogP contribution in [0, 0.1) is 5.92 Å². The van der Waals surface area contributed by atoms with Gasteiger partial charge in [-0.2, -0.15) is 0 Å². The Morgan fingerprint density at radius 1 is 1.39 bits per heavy atom. The van der Waals surface area contributed by atoms with E-state index in [1.807, 2.05) is 18.2 Å². The lowest BCUT2D eigenvalue weighted by atomic mass is 9.93. The van der Waals surface area contributed by atoms with E-state index in [-0.39, 0.29) is 5.91 Å². The van der Waals surface area contributed by atoms with E-state index in [4.69, 9.17) is 11.5 Å². The van der Waals surface area contributed by atoms with Crippen LogP contribution in [0.2, 0.25) is 0 Å². The summed E-state index contributed by atoms with van der Waals surface area (Å²) in [7, 11) is 0. The first-order valence-corrected chi connectivity index (χ1v) is 6.94. The summed E-state index contributed by atoms with van der Waals surface area (Å²) in [5, 5.41) is 0. The summed E-state index contributed by atoms with van der Waals surface area (Å²) in [6.45, 7) is 1.92. The highest BCUT2D eigenvalue weighted by molar-refractivity contribution is 9.10. The fourth-order valence-corrected chi connectivity index (χ4v) is 3.09. The second-order valence-corrected chi connectivity index (χ2v) is 5.67. The number of carbonyl (C=O) groups is 1. The Hall–Kier alpha value is -1.23. The number of nitrogens with zero attached hydrogens (tertiary/aromatic N) is 1. The average molecular weight is 312 g/mol. The first-order valence-electron chi connectivity index (χ1n) is 6.14. The van der Waals surface area contributed by atoms with Crippen molar-refractivity contribution in [1.82, 2.24) is 0 Å². The van der Waals surface area contributed by atoms with E-state index in [1.54, 1.807) is 0 Å². The molecule has 4 N–H and O–H groups in total. The molecule has 0 aliphatic carbocycles. The molecule has 1 amide bonds. The molecule has 1 aliphatic rings. The number of rotatable bonds is 3. The lowest BCUT2D eigenvalue weighted by Crippen LogP contribution is -2.35. The highest BCUT2D eigenvalue weighted by atomic mass is 79.9. The zero-order valence-electron chi connectivity index (χ0n) is 10.2. The second-order valence-electron chi connectivity index (χ2n) is 4.81. The highest BCUT2D eigenvalue weighted by Crippen LogP contribution is 2.32. The predicted molar refractivity (Wildman–Crippen MR) is 77.3 cm³/mol. The number of nitrogens with two attached hydrogens (primary N) is 2. The van der Waals surface area contributed by atoms with Gasteiger partial charge in [0.1, 0.15) is 0 Å². The Morgan fingerprint density at radius 2 is 2.06 bits per heavy atom. The minimum Gasteiger partial charge on any atom is -0.399 e. The van der Waals surface area contributed by atoms with Gasteiger partial charge < -0.3 is 16.4 Å². The van der Waals surface area contributed by atoms with Crippen molar-refractivity contribution in [1.29, 1.82) is 0 Å². The zero-order valence-corrected chi connectivity index (χ0v) is 11.8. The normalized spacial score (nSPS) is 16.8. The van der Waals surface area contributed by atoms with Gasteiger partial charge in [0.15, 0.2) is 0 Å². The number of piperidine rings is 1. The van der Waals surface area contributed by atoms with E-state index in [1.165, 1.54) is 5.69 Å². The summed E-state index contributed by atoms with van der Waals surface area (Å²) in [5.41, 5.74) is 12.9. The van der Waals surface area contributed by atoms with Crippen LogP contribution in [0.25, 0.3) is 0 Å². The van der Waals surface area contributed by atoms with Gasteiger partial charge in [0, 0.05) is 29.7 Å². The summed E-state index contributed by atoms with van der Waals surface area (Å²) in [6.07, 6.45) is 2.54. The molecule has 0 spiro atoms. The minimum absolute atomic E-state index is 0.192. The van der Waals surface area contributed by atoms with Gasteiger partial charge in [-0.1, -0.05) is 0 Å². The Balaban J connectivity index is 1.99. The quantitative estimate of drug-likeness (QED) is 0.840. The molecular formula is C13H18BrN3O. The third kappa shape index (κ3) is 3.16. The van der Waals surface area contributed by atoms with Crippen LogP contribution in [-0.2, 0) is 4.79 Å². The maximum absolute atomic E-state index is 10.9. The molecule has 1 fully saturated rings. The zero-order chi connectivity index (χ0) is 13.1. The number of nitrogen functional groups attached to an aromatic ring is 1. The van der Waals surface area contributed by atoms with Gasteiger partial charge in [0.05, 0.1) is 5.69 Å². The molecular weight excluding hydrogens is 294 g/mol. The highest BCUT2D eigenvalue weighted by Gasteiger charge is 2.21. The lowest BCUT2D eigenvalue weighted by molar-refractivity contribution is -0.119. The number of amides is 1. The molecule has 18 heavy (non-hydrogen) atoms. The number of halogens is 1. The van der Waals surface area contributed by atoms with Gasteiger partial charge in [0.2, 0.25) is 5.91 Å². The molecule has 0 radical (unpaired) electrons. The molecule has 1 heterocycles. The lowest BCUT2D eigenvalue weighted by Gasteiger charge is -2.33. The molecule has 5 heteroatoms. The van der Waals surface area contributed by atoms with Crippen molar-refractivity contribution < 1.29 is 4.79 Å². The van der Waals surface area contributed by atoms with Crippen molar-refractivity contribution in [2.75, 3.05) is 23.7 Å².